The fourth-order valence-electron chi connectivity index (χ4n) is 3.05. The maximum Gasteiger partial charge on any atom is 0.340 e. The minimum atomic E-state index is -1.47. The topological polar surface area (TPSA) is 65.0 Å². The molecule has 0 saturated heterocycles. The van der Waals surface area contributed by atoms with Crippen LogP contribution in [-0.4, -0.2) is 31.4 Å². The number of rotatable bonds is 10. The zero-order valence-electron chi connectivity index (χ0n) is 17.5. The van der Waals surface area contributed by atoms with Crippen LogP contribution in [0.3, 0.4) is 0 Å². The van der Waals surface area contributed by atoms with Crippen molar-refractivity contribution in [1.29, 1.82) is 0 Å². The summed E-state index contributed by atoms with van der Waals surface area (Å²) >= 11 is 6.27. The van der Waals surface area contributed by atoms with Gasteiger partial charge in [0.25, 0.3) is 0 Å². The van der Waals surface area contributed by atoms with Crippen LogP contribution in [0.2, 0.25) is 5.02 Å². The largest absolute Gasteiger partial charge is 0.493 e. The number of ether oxygens (including phenoxy) is 3. The van der Waals surface area contributed by atoms with Crippen molar-refractivity contribution in [1.82, 2.24) is 0 Å². The average Bonchev–Trinajstić information content (AvgIpc) is 2.80. The molecule has 3 aromatic carbocycles. The Kier molecular flexibility index (Phi) is 7.55. The Bertz CT molecular complexity index is 1000. The molecule has 0 amide bonds. The Labute approximate surface area is 187 Å². The van der Waals surface area contributed by atoms with Gasteiger partial charge in [0.1, 0.15) is 11.5 Å². The number of hydrogen-bond acceptors (Lipinski definition) is 4. The van der Waals surface area contributed by atoms with Crippen molar-refractivity contribution < 1.29 is 24.1 Å². The number of carboxylic acids is 1. The van der Waals surface area contributed by atoms with Crippen LogP contribution in [0.5, 0.6) is 11.5 Å². The predicted octanol–water partition coefficient (Wildman–Crippen LogP) is 5.80. The molecule has 0 aliphatic rings. The van der Waals surface area contributed by atoms with E-state index in [9.17, 15) is 9.90 Å². The maximum absolute atomic E-state index is 11.5. The van der Waals surface area contributed by atoms with Gasteiger partial charge in [0.05, 0.1) is 18.2 Å². The summed E-state index contributed by atoms with van der Waals surface area (Å²) < 4.78 is 16.6. The van der Waals surface area contributed by atoms with Gasteiger partial charge in [0, 0.05) is 13.5 Å². The van der Waals surface area contributed by atoms with Gasteiger partial charge in [-0.05, 0) is 47.9 Å². The molecule has 0 aromatic heterocycles. The van der Waals surface area contributed by atoms with E-state index in [1.165, 1.54) is 19.6 Å². The molecular weight excluding hydrogens is 416 g/mol. The van der Waals surface area contributed by atoms with Gasteiger partial charge < -0.3 is 19.3 Å². The second-order valence-electron chi connectivity index (χ2n) is 7.13. The maximum atomic E-state index is 11.5. The molecule has 162 valence electrons. The highest BCUT2D eigenvalue weighted by atomic mass is 35.5. The van der Waals surface area contributed by atoms with Gasteiger partial charge in [-0.25, -0.2) is 4.79 Å². The molecule has 0 aliphatic heterocycles. The molecule has 0 radical (unpaired) electrons. The summed E-state index contributed by atoms with van der Waals surface area (Å²) in [6, 6.07) is 23.0. The summed E-state index contributed by atoms with van der Waals surface area (Å²) in [6.07, 6.45) is 0.670. The first-order valence-corrected chi connectivity index (χ1v) is 10.3. The summed E-state index contributed by atoms with van der Waals surface area (Å²) in [7, 11) is 1.35. The fraction of sp³-hybridized carbons (Fsp3) is 0.240. The van der Waals surface area contributed by atoms with E-state index in [4.69, 9.17) is 25.8 Å². The Morgan fingerprint density at radius 3 is 2.19 bits per heavy atom. The molecule has 0 bridgehead atoms. The SMILES string of the molecule is COC(C)(C(=O)O)c1ccc(OCCCOc2ccc(-c3ccccc3)cc2)c(Cl)c1. The average molecular weight is 441 g/mol. The van der Waals surface area contributed by atoms with E-state index >= 15 is 0 Å². The van der Waals surface area contributed by atoms with E-state index in [-0.39, 0.29) is 0 Å². The van der Waals surface area contributed by atoms with Gasteiger partial charge in [-0.2, -0.15) is 0 Å². The summed E-state index contributed by atoms with van der Waals surface area (Å²) in [5.41, 5.74) is 1.29. The number of aliphatic carboxylic acids is 1. The molecule has 3 rings (SSSR count). The van der Waals surface area contributed by atoms with E-state index < -0.39 is 11.6 Å². The van der Waals surface area contributed by atoms with Gasteiger partial charge in [-0.3, -0.25) is 0 Å². The first-order chi connectivity index (χ1) is 14.9. The highest BCUT2D eigenvalue weighted by molar-refractivity contribution is 6.32. The van der Waals surface area contributed by atoms with Crippen molar-refractivity contribution in [3.63, 3.8) is 0 Å². The molecule has 3 aromatic rings. The summed E-state index contributed by atoms with van der Waals surface area (Å²) in [5.74, 6) is 0.199. The van der Waals surface area contributed by atoms with Gasteiger partial charge in [-0.1, -0.05) is 60.1 Å². The number of hydrogen-bond donors (Lipinski definition) is 1. The normalized spacial score (nSPS) is 12.7. The number of halogens is 1. The van der Waals surface area contributed by atoms with E-state index in [1.54, 1.807) is 18.2 Å². The van der Waals surface area contributed by atoms with Crippen LogP contribution in [0.25, 0.3) is 11.1 Å². The molecular formula is C25H25ClO5. The first kappa shape index (κ1) is 22.7. The monoisotopic (exact) mass is 440 g/mol. The van der Waals surface area contributed by atoms with Crippen molar-refractivity contribution in [2.24, 2.45) is 0 Å². The van der Waals surface area contributed by atoms with Crippen molar-refractivity contribution in [2.75, 3.05) is 20.3 Å². The highest BCUT2D eigenvalue weighted by Crippen LogP contribution is 2.32. The lowest BCUT2D eigenvalue weighted by atomic mass is 9.96. The quantitative estimate of drug-likeness (QED) is 0.403. The van der Waals surface area contributed by atoms with E-state index in [0.717, 1.165) is 11.3 Å². The van der Waals surface area contributed by atoms with E-state index in [2.05, 4.69) is 12.1 Å². The lowest BCUT2D eigenvalue weighted by Gasteiger charge is -2.24. The van der Waals surface area contributed by atoms with Gasteiger partial charge in [0.2, 0.25) is 0 Å². The van der Waals surface area contributed by atoms with Crippen LogP contribution in [0.15, 0.2) is 72.8 Å². The predicted molar refractivity (Wildman–Crippen MR) is 121 cm³/mol. The summed E-state index contributed by atoms with van der Waals surface area (Å²) in [4.78, 5) is 11.5. The fourth-order valence-corrected chi connectivity index (χ4v) is 3.28. The molecule has 0 saturated carbocycles. The van der Waals surface area contributed by atoms with Gasteiger partial charge in [0.15, 0.2) is 5.60 Å². The third-order valence-electron chi connectivity index (χ3n) is 5.08. The van der Waals surface area contributed by atoms with Crippen LogP contribution >= 0.6 is 11.6 Å². The Morgan fingerprint density at radius 1 is 0.935 bits per heavy atom. The number of carbonyl (C=O) groups is 1. The molecule has 0 spiro atoms. The molecule has 0 fully saturated rings. The highest BCUT2D eigenvalue weighted by Gasteiger charge is 2.35. The number of benzene rings is 3. The zero-order chi connectivity index (χ0) is 22.3. The number of carboxylic acid groups (broad SMARTS) is 1. The molecule has 5 nitrogen and oxygen atoms in total. The van der Waals surface area contributed by atoms with Gasteiger partial charge >= 0.3 is 5.97 Å². The lowest BCUT2D eigenvalue weighted by Crippen LogP contribution is -2.34. The van der Waals surface area contributed by atoms with Crippen molar-refractivity contribution in [2.45, 2.75) is 18.9 Å². The van der Waals surface area contributed by atoms with Crippen LogP contribution in [0.1, 0.15) is 18.9 Å². The molecule has 1 N–H and O–H groups in total. The van der Waals surface area contributed by atoms with E-state index in [0.29, 0.717) is 36.0 Å². The van der Waals surface area contributed by atoms with Crippen molar-refractivity contribution >= 4 is 17.6 Å². The lowest BCUT2D eigenvalue weighted by molar-refractivity contribution is -0.161. The summed E-state index contributed by atoms with van der Waals surface area (Å²) in [6.45, 7) is 2.40. The summed E-state index contributed by atoms with van der Waals surface area (Å²) in [5, 5.41) is 9.73. The van der Waals surface area contributed by atoms with Crippen molar-refractivity contribution in [3.05, 3.63) is 83.4 Å². The molecule has 0 aliphatic carbocycles. The van der Waals surface area contributed by atoms with Crippen LogP contribution in [0.4, 0.5) is 0 Å². The second-order valence-corrected chi connectivity index (χ2v) is 7.54. The van der Waals surface area contributed by atoms with Crippen molar-refractivity contribution in [3.8, 4) is 22.6 Å². The second kappa shape index (κ2) is 10.3. The molecule has 0 heterocycles. The molecule has 6 heteroatoms. The smallest absolute Gasteiger partial charge is 0.340 e. The standard InChI is InChI=1S/C25H25ClO5/c1-25(29-2,24(27)28)20-11-14-23(22(26)17-20)31-16-6-15-30-21-12-9-19(10-13-21)18-7-4-3-5-8-18/h3-5,7-14,17H,6,15-16H2,1-2H3,(H,27,28). The first-order valence-electron chi connectivity index (χ1n) is 9.93. The third kappa shape index (κ3) is 5.57. The zero-order valence-corrected chi connectivity index (χ0v) is 18.3. The minimum Gasteiger partial charge on any atom is -0.493 e. The van der Waals surface area contributed by atoms with E-state index in [1.807, 2.05) is 42.5 Å². The Morgan fingerprint density at radius 2 is 1.58 bits per heavy atom. The molecule has 1 atom stereocenters. The van der Waals surface area contributed by atoms with Crippen LogP contribution < -0.4 is 9.47 Å². The molecule has 31 heavy (non-hydrogen) atoms. The minimum absolute atomic E-state index is 0.333. The molecule has 1 unspecified atom stereocenters. The van der Waals surface area contributed by atoms with Gasteiger partial charge in [-0.15, -0.1) is 0 Å². The van der Waals surface area contributed by atoms with Crippen LogP contribution in [0, 0.1) is 0 Å². The Balaban J connectivity index is 1.47. The van der Waals surface area contributed by atoms with Crippen LogP contribution in [-0.2, 0) is 15.1 Å². The number of methoxy groups -OCH3 is 1. The Hall–Kier alpha value is -3.02. The third-order valence-corrected chi connectivity index (χ3v) is 5.37.